The van der Waals surface area contributed by atoms with E-state index in [0.717, 1.165) is 34.7 Å². The van der Waals surface area contributed by atoms with Crippen molar-refractivity contribution >= 4 is 22.2 Å². The molecule has 2 aliphatic rings. The van der Waals surface area contributed by atoms with Crippen LogP contribution in [0.5, 0.6) is 5.75 Å². The highest BCUT2D eigenvalue weighted by Crippen LogP contribution is 2.42. The van der Waals surface area contributed by atoms with E-state index in [-0.39, 0.29) is 12.1 Å². The Morgan fingerprint density at radius 3 is 2.79 bits per heavy atom. The normalized spacial score (nSPS) is 22.2. The molecule has 0 bridgehead atoms. The van der Waals surface area contributed by atoms with E-state index < -0.39 is 0 Å². The molecule has 4 rings (SSSR count). The molecule has 1 aromatic heterocycles. The average molecular weight is 342 g/mol. The number of benzene rings is 1. The highest BCUT2D eigenvalue weighted by Gasteiger charge is 2.32. The number of hydrogen-bond donors (Lipinski definition) is 2. The molecule has 0 fully saturated rings. The lowest BCUT2D eigenvalue weighted by atomic mass is 9.88. The van der Waals surface area contributed by atoms with E-state index in [2.05, 4.69) is 17.6 Å². The number of hydrogen-bond acceptors (Lipinski definition) is 4. The average Bonchev–Trinajstić information content (AvgIpc) is 2.93. The number of thiophene rings is 1. The van der Waals surface area contributed by atoms with Gasteiger partial charge in [-0.05, 0) is 55.4 Å². The van der Waals surface area contributed by atoms with Crippen molar-refractivity contribution in [3.05, 3.63) is 45.8 Å². The molecule has 0 spiro atoms. The van der Waals surface area contributed by atoms with Crippen LogP contribution in [0.3, 0.4) is 0 Å². The van der Waals surface area contributed by atoms with Crippen LogP contribution in [0.25, 0.3) is 0 Å². The van der Waals surface area contributed by atoms with E-state index in [1.54, 1.807) is 11.3 Å². The summed E-state index contributed by atoms with van der Waals surface area (Å²) in [6.07, 6.45) is 3.10. The van der Waals surface area contributed by atoms with Gasteiger partial charge in [0.2, 0.25) is 0 Å². The van der Waals surface area contributed by atoms with E-state index in [9.17, 15) is 4.79 Å². The quantitative estimate of drug-likeness (QED) is 0.882. The molecule has 2 aromatic rings. The number of rotatable bonds is 3. The lowest BCUT2D eigenvalue weighted by Gasteiger charge is -2.27. The summed E-state index contributed by atoms with van der Waals surface area (Å²) in [7, 11) is 0. The Balaban J connectivity index is 1.61. The molecule has 1 aliphatic carbocycles. The molecule has 2 heterocycles. The van der Waals surface area contributed by atoms with Crippen LogP contribution in [0.15, 0.2) is 24.3 Å². The summed E-state index contributed by atoms with van der Waals surface area (Å²) >= 11 is 1.76. The standard InChI is InChI=1S/C19H22N2O2S/c1-3-23-13-7-5-12(6-8-13)17-20-18(22)16-14-9-4-11(2)10-15(14)24-19(16)21-17/h5-8,11,17,21H,3-4,9-10H2,1-2H3,(H,20,22)/t11-,17-/m0/s1. The number of fused-ring (bicyclic) bond motifs is 3. The van der Waals surface area contributed by atoms with E-state index in [1.807, 2.05) is 31.2 Å². The number of amides is 1. The van der Waals surface area contributed by atoms with Crippen LogP contribution in [0, 0.1) is 5.92 Å². The molecule has 0 saturated carbocycles. The second-order valence-electron chi connectivity index (χ2n) is 6.61. The monoisotopic (exact) mass is 342 g/mol. The van der Waals surface area contributed by atoms with Crippen LogP contribution in [-0.2, 0) is 12.8 Å². The number of anilines is 1. The largest absolute Gasteiger partial charge is 0.494 e. The molecule has 2 N–H and O–H groups in total. The summed E-state index contributed by atoms with van der Waals surface area (Å²) in [6.45, 7) is 4.91. The highest BCUT2D eigenvalue weighted by atomic mass is 32.1. The Hall–Kier alpha value is -2.01. The molecule has 0 unspecified atom stereocenters. The maximum absolute atomic E-state index is 12.7. The van der Waals surface area contributed by atoms with Gasteiger partial charge in [-0.3, -0.25) is 4.79 Å². The van der Waals surface area contributed by atoms with Gasteiger partial charge < -0.3 is 15.4 Å². The van der Waals surface area contributed by atoms with Crippen molar-refractivity contribution in [2.24, 2.45) is 5.92 Å². The molecule has 126 valence electrons. The van der Waals surface area contributed by atoms with Crippen molar-refractivity contribution in [1.29, 1.82) is 0 Å². The summed E-state index contributed by atoms with van der Waals surface area (Å²) in [4.78, 5) is 14.1. The summed E-state index contributed by atoms with van der Waals surface area (Å²) in [5, 5.41) is 7.64. The van der Waals surface area contributed by atoms with Crippen molar-refractivity contribution in [3.8, 4) is 5.75 Å². The second-order valence-corrected chi connectivity index (χ2v) is 7.71. The van der Waals surface area contributed by atoms with Gasteiger partial charge in [-0.25, -0.2) is 0 Å². The van der Waals surface area contributed by atoms with Gasteiger partial charge in [0.25, 0.3) is 5.91 Å². The first kappa shape index (κ1) is 15.5. The first-order chi connectivity index (χ1) is 11.7. The third-order valence-electron chi connectivity index (χ3n) is 4.81. The maximum atomic E-state index is 12.7. The molecule has 4 nitrogen and oxygen atoms in total. The predicted octanol–water partition coefficient (Wildman–Crippen LogP) is 4.13. The van der Waals surface area contributed by atoms with Crippen LogP contribution in [0.2, 0.25) is 0 Å². The van der Waals surface area contributed by atoms with Gasteiger partial charge in [0.1, 0.15) is 16.9 Å². The Morgan fingerprint density at radius 1 is 1.25 bits per heavy atom. The lowest BCUT2D eigenvalue weighted by Crippen LogP contribution is -2.38. The van der Waals surface area contributed by atoms with Crippen molar-refractivity contribution < 1.29 is 9.53 Å². The van der Waals surface area contributed by atoms with Gasteiger partial charge >= 0.3 is 0 Å². The minimum Gasteiger partial charge on any atom is -0.494 e. The van der Waals surface area contributed by atoms with Crippen molar-refractivity contribution in [2.45, 2.75) is 39.3 Å². The molecular weight excluding hydrogens is 320 g/mol. The minimum atomic E-state index is -0.182. The number of carbonyl (C=O) groups excluding carboxylic acids is 1. The van der Waals surface area contributed by atoms with Gasteiger partial charge in [-0.15, -0.1) is 11.3 Å². The van der Waals surface area contributed by atoms with Crippen LogP contribution in [0.4, 0.5) is 5.00 Å². The Morgan fingerprint density at radius 2 is 2.04 bits per heavy atom. The Bertz CT molecular complexity index is 766. The molecule has 0 saturated heterocycles. The van der Waals surface area contributed by atoms with Crippen LogP contribution < -0.4 is 15.4 Å². The molecule has 1 amide bonds. The third-order valence-corrected chi connectivity index (χ3v) is 6.00. The molecule has 1 aromatic carbocycles. The van der Waals surface area contributed by atoms with Crippen molar-refractivity contribution in [2.75, 3.05) is 11.9 Å². The smallest absolute Gasteiger partial charge is 0.256 e. The highest BCUT2D eigenvalue weighted by molar-refractivity contribution is 7.16. The van der Waals surface area contributed by atoms with Crippen LogP contribution >= 0.6 is 11.3 Å². The zero-order chi connectivity index (χ0) is 16.7. The zero-order valence-electron chi connectivity index (χ0n) is 14.0. The number of ether oxygens (including phenoxy) is 1. The summed E-state index contributed by atoms with van der Waals surface area (Å²) in [5.41, 5.74) is 3.18. The lowest BCUT2D eigenvalue weighted by molar-refractivity contribution is 0.0935. The topological polar surface area (TPSA) is 50.4 Å². The van der Waals surface area contributed by atoms with Gasteiger partial charge in [0.05, 0.1) is 12.2 Å². The third kappa shape index (κ3) is 2.67. The molecule has 1 aliphatic heterocycles. The van der Waals surface area contributed by atoms with Crippen molar-refractivity contribution in [3.63, 3.8) is 0 Å². The fourth-order valence-corrected chi connectivity index (χ4v) is 4.99. The van der Waals surface area contributed by atoms with E-state index in [0.29, 0.717) is 12.5 Å². The van der Waals surface area contributed by atoms with E-state index in [1.165, 1.54) is 16.9 Å². The minimum absolute atomic E-state index is 0.0506. The first-order valence-corrected chi connectivity index (χ1v) is 9.42. The molecule has 5 heteroatoms. The molecular formula is C19H22N2O2S. The Kier molecular flexibility index (Phi) is 3.96. The summed E-state index contributed by atoms with van der Waals surface area (Å²) in [5.74, 6) is 1.61. The zero-order valence-corrected chi connectivity index (χ0v) is 14.8. The molecule has 24 heavy (non-hydrogen) atoms. The summed E-state index contributed by atoms with van der Waals surface area (Å²) in [6, 6.07) is 7.90. The predicted molar refractivity (Wildman–Crippen MR) is 96.9 cm³/mol. The van der Waals surface area contributed by atoms with Crippen LogP contribution in [0.1, 0.15) is 52.8 Å². The summed E-state index contributed by atoms with van der Waals surface area (Å²) < 4.78 is 5.48. The van der Waals surface area contributed by atoms with Gasteiger partial charge in [0.15, 0.2) is 0 Å². The van der Waals surface area contributed by atoms with Gasteiger partial charge in [0, 0.05) is 4.88 Å². The fourth-order valence-electron chi connectivity index (χ4n) is 3.55. The van der Waals surface area contributed by atoms with E-state index >= 15 is 0 Å². The van der Waals surface area contributed by atoms with Crippen molar-refractivity contribution in [1.82, 2.24) is 5.32 Å². The number of carbonyl (C=O) groups is 1. The van der Waals surface area contributed by atoms with E-state index in [4.69, 9.17) is 4.74 Å². The maximum Gasteiger partial charge on any atom is 0.256 e. The van der Waals surface area contributed by atoms with Crippen LogP contribution in [-0.4, -0.2) is 12.5 Å². The Labute approximate surface area is 146 Å². The SMILES string of the molecule is CCOc1ccc([C@H]2NC(=O)c3c(sc4c3CC[C@H](C)C4)N2)cc1. The molecule has 2 atom stereocenters. The fraction of sp³-hybridized carbons (Fsp3) is 0.421. The molecule has 0 radical (unpaired) electrons. The second kappa shape index (κ2) is 6.13. The first-order valence-electron chi connectivity index (χ1n) is 8.60. The van der Waals surface area contributed by atoms with Gasteiger partial charge in [-0.2, -0.15) is 0 Å². The number of nitrogens with one attached hydrogen (secondary N) is 2. The van der Waals surface area contributed by atoms with Gasteiger partial charge in [-0.1, -0.05) is 19.1 Å².